The van der Waals surface area contributed by atoms with E-state index in [4.69, 9.17) is 10.2 Å². The van der Waals surface area contributed by atoms with Gasteiger partial charge in [0.25, 0.3) is 0 Å². The number of piperidine rings is 1. The van der Waals surface area contributed by atoms with Crippen LogP contribution < -0.4 is 5.32 Å². The molecule has 0 spiro atoms. The van der Waals surface area contributed by atoms with Gasteiger partial charge in [0.1, 0.15) is 0 Å². The second kappa shape index (κ2) is 6.68. The molecule has 1 aliphatic heterocycles. The van der Waals surface area contributed by atoms with Crippen LogP contribution in [-0.4, -0.2) is 54.5 Å². The molecule has 5 nitrogen and oxygen atoms in total. The summed E-state index contributed by atoms with van der Waals surface area (Å²) in [6.07, 6.45) is 0.927. The lowest BCUT2D eigenvalue weighted by Crippen LogP contribution is -2.30. The summed E-state index contributed by atoms with van der Waals surface area (Å²) < 4.78 is 0. The molecule has 0 aromatic rings. The summed E-state index contributed by atoms with van der Waals surface area (Å²) in [5.41, 5.74) is 0. The SMILES string of the molecule is CN(C)C(=O)O.OC1CCNCC1. The van der Waals surface area contributed by atoms with E-state index in [0.717, 1.165) is 30.8 Å². The van der Waals surface area contributed by atoms with Gasteiger partial charge in [-0.15, -0.1) is 0 Å². The highest BCUT2D eigenvalue weighted by Crippen LogP contribution is 1.99. The van der Waals surface area contributed by atoms with Crippen molar-refractivity contribution in [3.8, 4) is 0 Å². The maximum Gasteiger partial charge on any atom is 0.406 e. The topological polar surface area (TPSA) is 72.8 Å². The summed E-state index contributed by atoms with van der Waals surface area (Å²) in [6, 6.07) is 0. The van der Waals surface area contributed by atoms with Crippen LogP contribution in [0.2, 0.25) is 0 Å². The molecular formula is C8H18N2O3. The van der Waals surface area contributed by atoms with Crippen molar-refractivity contribution in [2.45, 2.75) is 18.9 Å². The predicted molar refractivity (Wildman–Crippen MR) is 49.8 cm³/mol. The van der Waals surface area contributed by atoms with Crippen LogP contribution in [0.4, 0.5) is 4.79 Å². The zero-order valence-corrected chi connectivity index (χ0v) is 8.16. The van der Waals surface area contributed by atoms with Crippen molar-refractivity contribution in [1.29, 1.82) is 0 Å². The Labute approximate surface area is 78.4 Å². The molecule has 0 unspecified atom stereocenters. The monoisotopic (exact) mass is 190 g/mol. The maximum absolute atomic E-state index is 9.62. The van der Waals surface area contributed by atoms with Gasteiger partial charge >= 0.3 is 6.09 Å². The number of hydrogen-bond donors (Lipinski definition) is 3. The molecule has 3 N–H and O–H groups in total. The van der Waals surface area contributed by atoms with Gasteiger partial charge in [-0.25, -0.2) is 4.79 Å². The van der Waals surface area contributed by atoms with Crippen LogP contribution in [0.1, 0.15) is 12.8 Å². The summed E-state index contributed by atoms with van der Waals surface area (Å²) in [7, 11) is 2.95. The molecule has 5 heteroatoms. The Hall–Kier alpha value is -0.810. The maximum atomic E-state index is 9.62. The van der Waals surface area contributed by atoms with E-state index in [1.54, 1.807) is 0 Å². The van der Waals surface area contributed by atoms with E-state index in [1.165, 1.54) is 14.1 Å². The third-order valence-corrected chi connectivity index (χ3v) is 1.69. The lowest BCUT2D eigenvalue weighted by atomic mass is 10.1. The number of hydrogen-bond acceptors (Lipinski definition) is 3. The fourth-order valence-electron chi connectivity index (χ4n) is 0.807. The number of nitrogens with zero attached hydrogens (tertiary/aromatic N) is 1. The number of nitrogens with one attached hydrogen (secondary N) is 1. The Morgan fingerprint density at radius 3 is 1.92 bits per heavy atom. The third-order valence-electron chi connectivity index (χ3n) is 1.69. The van der Waals surface area contributed by atoms with E-state index in [0.29, 0.717) is 0 Å². The van der Waals surface area contributed by atoms with Crippen molar-refractivity contribution in [1.82, 2.24) is 10.2 Å². The third kappa shape index (κ3) is 7.55. The molecule has 1 heterocycles. The first-order valence-electron chi connectivity index (χ1n) is 4.33. The van der Waals surface area contributed by atoms with Gasteiger partial charge in [0.2, 0.25) is 0 Å². The highest BCUT2D eigenvalue weighted by molar-refractivity contribution is 5.63. The van der Waals surface area contributed by atoms with Crippen LogP contribution in [0.15, 0.2) is 0 Å². The van der Waals surface area contributed by atoms with Gasteiger partial charge in [-0.3, -0.25) is 0 Å². The minimum atomic E-state index is -0.907. The van der Waals surface area contributed by atoms with E-state index in [-0.39, 0.29) is 6.10 Å². The molecule has 78 valence electrons. The van der Waals surface area contributed by atoms with Gasteiger partial charge in [0.05, 0.1) is 6.10 Å². The van der Waals surface area contributed by atoms with Crippen molar-refractivity contribution >= 4 is 6.09 Å². The van der Waals surface area contributed by atoms with Crippen LogP contribution in [0, 0.1) is 0 Å². The fraction of sp³-hybridized carbons (Fsp3) is 0.875. The zero-order valence-electron chi connectivity index (χ0n) is 8.16. The lowest BCUT2D eigenvalue weighted by Gasteiger charge is -2.16. The van der Waals surface area contributed by atoms with Gasteiger partial charge in [-0.1, -0.05) is 0 Å². The average Bonchev–Trinajstić information content (AvgIpc) is 2.06. The number of aliphatic hydroxyl groups is 1. The first-order valence-corrected chi connectivity index (χ1v) is 4.33. The van der Waals surface area contributed by atoms with Gasteiger partial charge in [0.15, 0.2) is 0 Å². The quantitative estimate of drug-likeness (QED) is 0.501. The largest absolute Gasteiger partial charge is 0.465 e. The van der Waals surface area contributed by atoms with Crippen molar-refractivity contribution in [2.24, 2.45) is 0 Å². The molecule has 13 heavy (non-hydrogen) atoms. The molecule has 0 saturated carbocycles. The summed E-state index contributed by atoms with van der Waals surface area (Å²) in [5.74, 6) is 0. The Kier molecular flexibility index (Phi) is 6.26. The van der Waals surface area contributed by atoms with E-state index in [2.05, 4.69) is 5.32 Å². The van der Waals surface area contributed by atoms with Gasteiger partial charge in [0, 0.05) is 14.1 Å². The summed E-state index contributed by atoms with van der Waals surface area (Å²) in [4.78, 5) is 10.7. The van der Waals surface area contributed by atoms with Crippen LogP contribution in [0.25, 0.3) is 0 Å². The number of aliphatic hydroxyl groups excluding tert-OH is 1. The van der Waals surface area contributed by atoms with Crippen molar-refractivity contribution in [3.05, 3.63) is 0 Å². The number of carboxylic acid groups (broad SMARTS) is 1. The number of carbonyl (C=O) groups is 1. The molecule has 0 radical (unpaired) electrons. The zero-order chi connectivity index (χ0) is 10.3. The molecule has 1 saturated heterocycles. The minimum Gasteiger partial charge on any atom is -0.465 e. The van der Waals surface area contributed by atoms with Crippen molar-refractivity contribution in [2.75, 3.05) is 27.2 Å². The molecule has 0 atom stereocenters. The molecule has 0 bridgehead atoms. The summed E-state index contributed by atoms with van der Waals surface area (Å²) >= 11 is 0. The van der Waals surface area contributed by atoms with Gasteiger partial charge < -0.3 is 20.4 Å². The molecule has 1 rings (SSSR count). The second-order valence-electron chi connectivity index (χ2n) is 3.16. The second-order valence-corrected chi connectivity index (χ2v) is 3.16. The van der Waals surface area contributed by atoms with E-state index < -0.39 is 6.09 Å². The molecule has 1 amide bonds. The highest BCUT2D eigenvalue weighted by Gasteiger charge is 2.06. The van der Waals surface area contributed by atoms with E-state index >= 15 is 0 Å². The molecule has 0 aliphatic carbocycles. The summed E-state index contributed by atoms with van der Waals surface area (Å²) in [5, 5.41) is 19.9. The Balaban J connectivity index is 0.000000226. The molecule has 0 aromatic carbocycles. The Morgan fingerprint density at radius 2 is 1.77 bits per heavy atom. The Bertz CT molecular complexity index is 144. The molecule has 1 fully saturated rings. The average molecular weight is 190 g/mol. The predicted octanol–water partition coefficient (Wildman–Crippen LogP) is -0.0433. The standard InChI is InChI=1S/C5H11NO.C3H7NO2/c7-5-1-3-6-4-2-5;1-4(2)3(5)6/h5-7H,1-4H2;1-2H3,(H,5,6). The molecule has 0 aromatic heterocycles. The van der Waals surface area contributed by atoms with Crippen LogP contribution >= 0.6 is 0 Å². The number of amides is 1. The number of rotatable bonds is 0. The van der Waals surface area contributed by atoms with Crippen LogP contribution in [-0.2, 0) is 0 Å². The van der Waals surface area contributed by atoms with Gasteiger partial charge in [-0.2, -0.15) is 0 Å². The molecular weight excluding hydrogens is 172 g/mol. The van der Waals surface area contributed by atoms with E-state index in [9.17, 15) is 4.79 Å². The fourth-order valence-corrected chi connectivity index (χ4v) is 0.807. The lowest BCUT2D eigenvalue weighted by molar-refractivity contribution is 0.137. The van der Waals surface area contributed by atoms with Crippen LogP contribution in [0.3, 0.4) is 0 Å². The van der Waals surface area contributed by atoms with Crippen molar-refractivity contribution in [3.63, 3.8) is 0 Å². The van der Waals surface area contributed by atoms with E-state index in [1.807, 2.05) is 0 Å². The highest BCUT2D eigenvalue weighted by atomic mass is 16.4. The normalized spacial score (nSPS) is 17.2. The Morgan fingerprint density at radius 1 is 1.38 bits per heavy atom. The van der Waals surface area contributed by atoms with Crippen LogP contribution in [0.5, 0.6) is 0 Å². The van der Waals surface area contributed by atoms with Crippen molar-refractivity contribution < 1.29 is 15.0 Å². The first-order chi connectivity index (χ1) is 6.04. The smallest absolute Gasteiger partial charge is 0.406 e. The van der Waals surface area contributed by atoms with Gasteiger partial charge in [-0.05, 0) is 25.9 Å². The molecule has 1 aliphatic rings. The summed E-state index contributed by atoms with van der Waals surface area (Å²) in [6.45, 7) is 1.97. The first kappa shape index (κ1) is 12.2. The minimum absolute atomic E-state index is 0.0266.